The third-order valence-electron chi connectivity index (χ3n) is 4.24. The van der Waals surface area contributed by atoms with Gasteiger partial charge in [-0.2, -0.15) is 0 Å². The van der Waals surface area contributed by atoms with E-state index in [1.807, 2.05) is 39.0 Å². The Morgan fingerprint density at radius 3 is 2.28 bits per heavy atom. The third-order valence-corrected chi connectivity index (χ3v) is 4.24. The summed E-state index contributed by atoms with van der Waals surface area (Å²) in [4.78, 5) is 32.9. The fraction of sp³-hybridized carbons (Fsp3) is 0.217. The summed E-state index contributed by atoms with van der Waals surface area (Å²) in [6.07, 6.45) is 0.263. The molecule has 0 radical (unpaired) electrons. The Morgan fingerprint density at radius 1 is 0.897 bits per heavy atom. The molecule has 0 aliphatic carbocycles. The van der Waals surface area contributed by atoms with Crippen molar-refractivity contribution in [2.24, 2.45) is 0 Å². The third kappa shape index (κ3) is 5.97. The van der Waals surface area contributed by atoms with E-state index in [1.165, 1.54) is 0 Å². The van der Waals surface area contributed by atoms with Gasteiger partial charge in [-0.1, -0.05) is 35.9 Å². The summed E-state index contributed by atoms with van der Waals surface area (Å²) < 4.78 is 5.70. The molecule has 0 saturated heterocycles. The zero-order valence-electron chi connectivity index (χ0n) is 16.7. The highest BCUT2D eigenvalue weighted by molar-refractivity contribution is 6.00. The average molecular weight is 389 g/mol. The van der Waals surface area contributed by atoms with Gasteiger partial charge in [-0.3, -0.25) is 9.59 Å². The van der Waals surface area contributed by atoms with Gasteiger partial charge in [0.25, 0.3) is 0 Å². The van der Waals surface area contributed by atoms with Crippen LogP contribution in [0.3, 0.4) is 0 Å². The van der Waals surface area contributed by atoms with Gasteiger partial charge in [0.15, 0.2) is 5.78 Å². The van der Waals surface area contributed by atoms with Crippen molar-refractivity contribution in [3.63, 3.8) is 0 Å². The number of rotatable bonds is 7. The van der Waals surface area contributed by atoms with E-state index in [0.29, 0.717) is 17.0 Å². The summed E-state index contributed by atoms with van der Waals surface area (Å²) in [7, 11) is 0. The first-order valence-corrected chi connectivity index (χ1v) is 9.39. The second-order valence-corrected chi connectivity index (χ2v) is 6.90. The predicted molar refractivity (Wildman–Crippen MR) is 111 cm³/mol. The lowest BCUT2D eigenvalue weighted by molar-refractivity contribution is -0.116. The maximum absolute atomic E-state index is 12.2. The van der Waals surface area contributed by atoms with Crippen molar-refractivity contribution in [2.75, 3.05) is 5.32 Å². The smallest absolute Gasteiger partial charge is 0.322 e. The SMILES string of the molecule is Cc1ccc(C(=O)CCC(=O)Nc2cccc(Oc3nc(C)cc(C)n3)c2)cc1. The normalized spacial score (nSPS) is 10.4. The number of hydrogen-bond acceptors (Lipinski definition) is 5. The number of nitrogens with one attached hydrogen (secondary N) is 1. The van der Waals surface area contributed by atoms with Crippen molar-refractivity contribution < 1.29 is 14.3 Å². The van der Waals surface area contributed by atoms with Crippen LogP contribution in [0.2, 0.25) is 0 Å². The number of aryl methyl sites for hydroxylation is 3. The fourth-order valence-electron chi connectivity index (χ4n) is 2.82. The van der Waals surface area contributed by atoms with Gasteiger partial charge in [-0.15, -0.1) is 0 Å². The summed E-state index contributed by atoms with van der Waals surface area (Å²) in [5.41, 5.74) is 3.92. The van der Waals surface area contributed by atoms with Crippen molar-refractivity contribution in [1.29, 1.82) is 0 Å². The summed E-state index contributed by atoms with van der Waals surface area (Å²) in [6.45, 7) is 5.71. The Kier molecular flexibility index (Phi) is 6.34. The molecule has 1 heterocycles. The van der Waals surface area contributed by atoms with Crippen molar-refractivity contribution >= 4 is 17.4 Å². The first-order chi connectivity index (χ1) is 13.9. The lowest BCUT2D eigenvalue weighted by Crippen LogP contribution is -2.13. The molecule has 0 atom stereocenters. The van der Waals surface area contributed by atoms with E-state index in [2.05, 4.69) is 15.3 Å². The largest absolute Gasteiger partial charge is 0.424 e. The topological polar surface area (TPSA) is 81.2 Å². The minimum atomic E-state index is -0.231. The van der Waals surface area contributed by atoms with E-state index in [0.717, 1.165) is 17.0 Å². The van der Waals surface area contributed by atoms with Crippen LogP contribution < -0.4 is 10.1 Å². The Bertz CT molecular complexity index is 1010. The lowest BCUT2D eigenvalue weighted by atomic mass is 10.0. The zero-order chi connectivity index (χ0) is 20.8. The summed E-state index contributed by atoms with van der Waals surface area (Å²) >= 11 is 0. The number of amides is 1. The summed E-state index contributed by atoms with van der Waals surface area (Å²) in [5.74, 6) is 0.234. The standard InChI is InChI=1S/C23H23N3O3/c1-15-7-9-18(10-8-15)21(27)11-12-22(28)26-19-5-4-6-20(14-19)29-23-24-16(2)13-17(3)25-23/h4-10,13-14H,11-12H2,1-3H3,(H,26,28). The highest BCUT2D eigenvalue weighted by Crippen LogP contribution is 2.22. The van der Waals surface area contributed by atoms with Crippen LogP contribution >= 0.6 is 0 Å². The van der Waals surface area contributed by atoms with E-state index in [-0.39, 0.29) is 30.5 Å². The van der Waals surface area contributed by atoms with Crippen molar-refractivity contribution in [3.8, 4) is 11.8 Å². The molecule has 0 bridgehead atoms. The van der Waals surface area contributed by atoms with Gasteiger partial charge < -0.3 is 10.1 Å². The van der Waals surface area contributed by atoms with Crippen molar-refractivity contribution in [2.45, 2.75) is 33.6 Å². The monoisotopic (exact) mass is 389 g/mol. The number of ether oxygens (including phenoxy) is 1. The number of carbonyl (C=O) groups excluding carboxylic acids is 2. The molecule has 3 rings (SSSR count). The second kappa shape index (κ2) is 9.10. The van der Waals surface area contributed by atoms with Crippen molar-refractivity contribution in [3.05, 3.63) is 77.1 Å². The van der Waals surface area contributed by atoms with Gasteiger partial charge in [-0.25, -0.2) is 9.97 Å². The van der Waals surface area contributed by atoms with Gasteiger partial charge >= 0.3 is 6.01 Å². The molecule has 3 aromatic rings. The number of carbonyl (C=O) groups is 2. The molecule has 6 heteroatoms. The van der Waals surface area contributed by atoms with Gasteiger partial charge in [0.05, 0.1) is 0 Å². The Morgan fingerprint density at radius 2 is 1.59 bits per heavy atom. The minimum absolute atomic E-state index is 0.0517. The minimum Gasteiger partial charge on any atom is -0.424 e. The lowest BCUT2D eigenvalue weighted by Gasteiger charge is -2.09. The predicted octanol–water partition coefficient (Wildman–Crippen LogP) is 4.80. The van der Waals surface area contributed by atoms with Crippen LogP contribution in [0.15, 0.2) is 54.6 Å². The summed E-state index contributed by atoms with van der Waals surface area (Å²) in [6, 6.07) is 16.4. The number of aromatic nitrogens is 2. The number of hydrogen-bond donors (Lipinski definition) is 1. The average Bonchev–Trinajstić information content (AvgIpc) is 2.66. The van der Waals surface area contributed by atoms with Crippen LogP contribution in [-0.2, 0) is 4.79 Å². The number of benzene rings is 2. The second-order valence-electron chi connectivity index (χ2n) is 6.90. The number of anilines is 1. The summed E-state index contributed by atoms with van der Waals surface area (Å²) in [5, 5.41) is 2.79. The molecule has 0 aliphatic rings. The maximum atomic E-state index is 12.2. The van der Waals surface area contributed by atoms with E-state index < -0.39 is 0 Å². The molecule has 29 heavy (non-hydrogen) atoms. The molecule has 2 aromatic carbocycles. The Balaban J connectivity index is 1.57. The van der Waals surface area contributed by atoms with Gasteiger partial charge in [0.1, 0.15) is 5.75 Å². The quantitative estimate of drug-likeness (QED) is 0.587. The molecular weight excluding hydrogens is 366 g/mol. The van der Waals surface area contributed by atoms with Gasteiger partial charge in [0.2, 0.25) is 5.91 Å². The molecular formula is C23H23N3O3. The van der Waals surface area contributed by atoms with Crippen LogP contribution in [0.5, 0.6) is 11.8 Å². The molecule has 1 aromatic heterocycles. The van der Waals surface area contributed by atoms with Gasteiger partial charge in [-0.05, 0) is 39.0 Å². The molecule has 0 saturated carbocycles. The van der Waals surface area contributed by atoms with Crippen molar-refractivity contribution in [1.82, 2.24) is 9.97 Å². The number of nitrogens with zero attached hydrogens (tertiary/aromatic N) is 2. The van der Waals surface area contributed by atoms with E-state index in [1.54, 1.807) is 36.4 Å². The van der Waals surface area contributed by atoms with Crippen LogP contribution in [-0.4, -0.2) is 21.7 Å². The molecule has 0 spiro atoms. The van der Waals surface area contributed by atoms with Crippen LogP contribution in [0.25, 0.3) is 0 Å². The van der Waals surface area contributed by atoms with Gasteiger partial charge in [0, 0.05) is 41.5 Å². The molecule has 1 amide bonds. The highest BCUT2D eigenvalue weighted by Gasteiger charge is 2.10. The molecule has 0 unspecified atom stereocenters. The number of ketones is 1. The molecule has 6 nitrogen and oxygen atoms in total. The molecule has 148 valence electrons. The Hall–Kier alpha value is -3.54. The fourth-order valence-corrected chi connectivity index (χ4v) is 2.82. The van der Waals surface area contributed by atoms with Crippen LogP contribution in [0.1, 0.15) is 40.2 Å². The zero-order valence-corrected chi connectivity index (χ0v) is 16.7. The first-order valence-electron chi connectivity index (χ1n) is 9.39. The Labute approximate surface area is 170 Å². The van der Waals surface area contributed by atoms with E-state index >= 15 is 0 Å². The highest BCUT2D eigenvalue weighted by atomic mass is 16.5. The number of Topliss-reactive ketones (excluding diaryl/α,β-unsaturated/α-hetero) is 1. The van der Waals surface area contributed by atoms with Crippen LogP contribution in [0, 0.1) is 20.8 Å². The molecule has 0 aliphatic heterocycles. The van der Waals surface area contributed by atoms with E-state index in [4.69, 9.17) is 4.74 Å². The molecule has 1 N–H and O–H groups in total. The van der Waals surface area contributed by atoms with E-state index in [9.17, 15) is 9.59 Å². The first kappa shape index (κ1) is 20.2. The molecule has 0 fully saturated rings. The maximum Gasteiger partial charge on any atom is 0.322 e. The van der Waals surface area contributed by atoms with Crippen LogP contribution in [0.4, 0.5) is 5.69 Å².